The highest BCUT2D eigenvalue weighted by atomic mass is 19.1. The maximum absolute atomic E-state index is 14.3. The normalized spacial score (nSPS) is 27.8. The number of piperidine rings is 1. The molecule has 1 N–H and O–H groups in total. The third-order valence-electron chi connectivity index (χ3n) is 6.41. The molecule has 3 aliphatic rings. The van der Waals surface area contributed by atoms with Crippen molar-refractivity contribution in [1.82, 2.24) is 19.9 Å². The summed E-state index contributed by atoms with van der Waals surface area (Å²) in [6, 6.07) is 6.40. The Labute approximate surface area is 166 Å². The van der Waals surface area contributed by atoms with E-state index in [4.69, 9.17) is 9.72 Å². The van der Waals surface area contributed by atoms with Crippen LogP contribution in [0.25, 0.3) is 5.65 Å². The van der Waals surface area contributed by atoms with Gasteiger partial charge in [0.2, 0.25) is 0 Å². The summed E-state index contributed by atoms with van der Waals surface area (Å²) in [4.78, 5) is 19.8. The van der Waals surface area contributed by atoms with Crippen LogP contribution in [0.5, 0.6) is 5.75 Å². The molecule has 0 radical (unpaired) electrons. The Kier molecular flexibility index (Phi) is 3.29. The summed E-state index contributed by atoms with van der Waals surface area (Å²) in [6.45, 7) is 3.00. The zero-order chi connectivity index (χ0) is 19.8. The van der Waals surface area contributed by atoms with E-state index < -0.39 is 0 Å². The number of fused-ring (bicyclic) bond motifs is 3. The van der Waals surface area contributed by atoms with Gasteiger partial charge in [-0.2, -0.15) is 5.10 Å². The Bertz CT molecular complexity index is 1160. The molecule has 29 heavy (non-hydrogen) atoms. The van der Waals surface area contributed by atoms with Gasteiger partial charge in [0.1, 0.15) is 29.6 Å². The minimum atomic E-state index is -0.308. The second-order valence-electron chi connectivity index (χ2n) is 8.20. The Balaban J connectivity index is 1.57. The molecule has 1 aromatic carbocycles. The number of amides is 1. The highest BCUT2D eigenvalue weighted by Gasteiger charge is 2.64. The molecule has 4 heterocycles. The summed E-state index contributed by atoms with van der Waals surface area (Å²) < 4.78 is 21.9. The summed E-state index contributed by atoms with van der Waals surface area (Å²) in [5.41, 5.74) is 1.51. The number of halogens is 1. The average Bonchev–Trinajstić information content (AvgIpc) is 3.09. The van der Waals surface area contributed by atoms with Crippen LogP contribution in [0.1, 0.15) is 35.7 Å². The molecule has 1 saturated heterocycles. The SMILES string of the molecule is C[C@@H]1COc2ccc(F)cc2C23CC2CCN3c2ccn3ncc(c3n2)C(=O)N1. The molecular weight excluding hydrogens is 373 g/mol. The third-order valence-corrected chi connectivity index (χ3v) is 6.41. The molecule has 3 aromatic rings. The zero-order valence-electron chi connectivity index (χ0n) is 15.9. The maximum Gasteiger partial charge on any atom is 0.257 e. The van der Waals surface area contributed by atoms with Gasteiger partial charge in [-0.25, -0.2) is 13.9 Å². The minimum absolute atomic E-state index is 0.230. The molecule has 1 aliphatic carbocycles. The molecule has 2 fully saturated rings. The lowest BCUT2D eigenvalue weighted by Gasteiger charge is -2.31. The number of ether oxygens (including phenoxy) is 1. The fourth-order valence-electron chi connectivity index (χ4n) is 4.96. The number of anilines is 1. The van der Waals surface area contributed by atoms with Crippen molar-refractivity contribution in [1.29, 1.82) is 0 Å². The van der Waals surface area contributed by atoms with E-state index in [-0.39, 0.29) is 23.3 Å². The fraction of sp³-hybridized carbons (Fsp3) is 0.381. The molecule has 2 aromatic heterocycles. The molecular formula is C21H20FN5O2. The Morgan fingerprint density at radius 2 is 2.24 bits per heavy atom. The highest BCUT2D eigenvalue weighted by Crippen LogP contribution is 2.64. The number of hydrogen-bond donors (Lipinski definition) is 1. The predicted octanol–water partition coefficient (Wildman–Crippen LogP) is 2.50. The summed E-state index contributed by atoms with van der Waals surface area (Å²) in [6.07, 6.45) is 5.33. The summed E-state index contributed by atoms with van der Waals surface area (Å²) >= 11 is 0. The summed E-state index contributed by atoms with van der Waals surface area (Å²) in [5.74, 6) is 1.38. The highest BCUT2D eigenvalue weighted by molar-refractivity contribution is 6.00. The largest absolute Gasteiger partial charge is 0.491 e. The van der Waals surface area contributed by atoms with Crippen LogP contribution in [0, 0.1) is 11.7 Å². The number of carbonyl (C=O) groups excluding carboxylic acids is 1. The number of aromatic nitrogens is 3. The van der Waals surface area contributed by atoms with E-state index in [2.05, 4.69) is 15.3 Å². The van der Waals surface area contributed by atoms with Crippen LogP contribution < -0.4 is 15.0 Å². The first-order valence-corrected chi connectivity index (χ1v) is 9.92. The van der Waals surface area contributed by atoms with Gasteiger partial charge in [0.05, 0.1) is 17.8 Å². The number of hydrogen-bond acceptors (Lipinski definition) is 5. The van der Waals surface area contributed by atoms with Gasteiger partial charge in [0, 0.05) is 18.3 Å². The fourth-order valence-corrected chi connectivity index (χ4v) is 4.96. The first-order valence-electron chi connectivity index (χ1n) is 9.92. The Hall–Kier alpha value is -3.16. The average molecular weight is 393 g/mol. The monoisotopic (exact) mass is 393 g/mol. The smallest absolute Gasteiger partial charge is 0.257 e. The van der Waals surface area contributed by atoms with Crippen LogP contribution in [0.4, 0.5) is 10.2 Å². The van der Waals surface area contributed by atoms with Crippen molar-refractivity contribution >= 4 is 17.4 Å². The molecule has 2 bridgehead atoms. The van der Waals surface area contributed by atoms with Crippen molar-refractivity contribution in [3.05, 3.63) is 53.6 Å². The zero-order valence-corrected chi connectivity index (χ0v) is 15.9. The minimum Gasteiger partial charge on any atom is -0.491 e. The van der Waals surface area contributed by atoms with E-state index in [9.17, 15) is 9.18 Å². The molecule has 8 heteroatoms. The van der Waals surface area contributed by atoms with E-state index in [0.717, 1.165) is 30.8 Å². The van der Waals surface area contributed by atoms with Crippen LogP contribution in [0.3, 0.4) is 0 Å². The van der Waals surface area contributed by atoms with Gasteiger partial charge in [-0.15, -0.1) is 0 Å². The van der Waals surface area contributed by atoms with E-state index in [1.54, 1.807) is 22.8 Å². The van der Waals surface area contributed by atoms with E-state index >= 15 is 0 Å². The summed E-state index contributed by atoms with van der Waals surface area (Å²) in [5, 5.41) is 7.20. The molecule has 2 unspecified atom stereocenters. The van der Waals surface area contributed by atoms with Crippen molar-refractivity contribution in [2.24, 2.45) is 5.92 Å². The van der Waals surface area contributed by atoms with Crippen molar-refractivity contribution < 1.29 is 13.9 Å². The van der Waals surface area contributed by atoms with Crippen molar-refractivity contribution in [2.75, 3.05) is 18.1 Å². The van der Waals surface area contributed by atoms with Crippen molar-refractivity contribution in [3.63, 3.8) is 0 Å². The van der Waals surface area contributed by atoms with Crippen molar-refractivity contribution in [3.8, 4) is 5.75 Å². The van der Waals surface area contributed by atoms with E-state index in [1.807, 2.05) is 19.2 Å². The van der Waals surface area contributed by atoms with Gasteiger partial charge in [0.25, 0.3) is 5.91 Å². The Morgan fingerprint density at radius 3 is 3.10 bits per heavy atom. The van der Waals surface area contributed by atoms with Crippen LogP contribution >= 0.6 is 0 Å². The first kappa shape index (κ1) is 16.8. The van der Waals surface area contributed by atoms with Gasteiger partial charge in [-0.05, 0) is 49.9 Å². The molecule has 3 atom stereocenters. The molecule has 2 aliphatic heterocycles. The second-order valence-corrected chi connectivity index (χ2v) is 8.20. The molecule has 7 nitrogen and oxygen atoms in total. The predicted molar refractivity (Wildman–Crippen MR) is 104 cm³/mol. The molecule has 148 valence electrons. The molecule has 1 saturated carbocycles. The number of benzene rings is 1. The van der Waals surface area contributed by atoms with Gasteiger partial charge in [-0.1, -0.05) is 0 Å². The van der Waals surface area contributed by atoms with Gasteiger partial charge >= 0.3 is 0 Å². The van der Waals surface area contributed by atoms with Crippen LogP contribution in [0.2, 0.25) is 0 Å². The number of nitrogens with zero attached hydrogens (tertiary/aromatic N) is 4. The lowest BCUT2D eigenvalue weighted by atomic mass is 10.0. The van der Waals surface area contributed by atoms with Crippen LogP contribution in [-0.4, -0.2) is 39.7 Å². The second kappa shape index (κ2) is 5.68. The molecule has 1 amide bonds. The number of carbonyl (C=O) groups is 1. The van der Waals surface area contributed by atoms with Gasteiger partial charge in [0.15, 0.2) is 5.65 Å². The molecule has 6 rings (SSSR count). The maximum atomic E-state index is 14.3. The standard InChI is InChI=1S/C21H20FN5O2/c1-12-11-29-17-3-2-14(22)8-16(17)21-9-13(21)4-6-26(21)18-5-7-27-19(25-18)15(10-23-27)20(28)24-12/h2-3,5,7-8,10,12-13H,4,6,9,11H2,1H3,(H,24,28)/t12-,13?,21?/m1/s1. The Morgan fingerprint density at radius 1 is 1.34 bits per heavy atom. The number of nitrogens with one attached hydrogen (secondary N) is 1. The quantitative estimate of drug-likeness (QED) is 0.636. The lowest BCUT2D eigenvalue weighted by molar-refractivity contribution is 0.0928. The van der Waals surface area contributed by atoms with Gasteiger partial charge < -0.3 is 15.0 Å². The first-order chi connectivity index (χ1) is 14.1. The number of rotatable bonds is 0. The van der Waals surface area contributed by atoms with Crippen LogP contribution in [-0.2, 0) is 5.54 Å². The van der Waals surface area contributed by atoms with Gasteiger partial charge in [-0.3, -0.25) is 4.79 Å². The lowest BCUT2D eigenvalue weighted by Crippen LogP contribution is -2.37. The van der Waals surface area contributed by atoms with Crippen molar-refractivity contribution in [2.45, 2.75) is 31.3 Å². The van der Waals surface area contributed by atoms with E-state index in [0.29, 0.717) is 29.5 Å². The van der Waals surface area contributed by atoms with Crippen LogP contribution in [0.15, 0.2) is 36.7 Å². The summed E-state index contributed by atoms with van der Waals surface area (Å²) in [7, 11) is 0. The molecule has 1 spiro atoms. The van der Waals surface area contributed by atoms with E-state index in [1.165, 1.54) is 6.07 Å². The third kappa shape index (κ3) is 2.31. The topological polar surface area (TPSA) is 71.8 Å².